The zero-order chi connectivity index (χ0) is 17.3. The lowest BCUT2D eigenvalue weighted by atomic mass is 9.73. The molecule has 3 rings (SSSR count). The molecule has 1 atom stereocenters. The molecule has 2 aliphatic heterocycles. The van der Waals surface area contributed by atoms with E-state index in [0.29, 0.717) is 12.0 Å². The molecule has 0 saturated carbocycles. The Hall–Kier alpha value is -1.91. The van der Waals surface area contributed by atoms with E-state index in [1.54, 1.807) is 13.1 Å². The molecule has 0 aliphatic carbocycles. The lowest BCUT2D eigenvalue weighted by molar-refractivity contribution is -0.140. The van der Waals surface area contributed by atoms with E-state index in [2.05, 4.69) is 23.7 Å². The summed E-state index contributed by atoms with van der Waals surface area (Å²) in [5.74, 6) is 1.27. The fraction of sp³-hybridized carbons (Fsp3) is 0.632. The second-order valence-electron chi connectivity index (χ2n) is 7.60. The van der Waals surface area contributed by atoms with E-state index in [-0.39, 0.29) is 23.1 Å². The molecule has 0 aromatic carbocycles. The van der Waals surface area contributed by atoms with E-state index in [0.717, 1.165) is 38.3 Å². The van der Waals surface area contributed by atoms with Crippen LogP contribution in [0.2, 0.25) is 0 Å². The zero-order valence-corrected chi connectivity index (χ0v) is 14.9. The average molecular weight is 329 g/mol. The molecule has 1 aromatic heterocycles. The molecular weight excluding hydrogens is 302 g/mol. The minimum atomic E-state index is 0.0440. The lowest BCUT2D eigenvalue weighted by Gasteiger charge is -2.49. The second-order valence-corrected chi connectivity index (χ2v) is 7.60. The number of aromatic nitrogens is 1. The van der Waals surface area contributed by atoms with Crippen molar-refractivity contribution < 1.29 is 9.59 Å². The van der Waals surface area contributed by atoms with Gasteiger partial charge in [0.2, 0.25) is 5.91 Å². The number of hydrogen-bond donors (Lipinski definition) is 0. The molecule has 0 bridgehead atoms. The number of likely N-dealkylation sites (tertiary alicyclic amines) is 1. The lowest BCUT2D eigenvalue weighted by Crippen LogP contribution is -2.55. The summed E-state index contributed by atoms with van der Waals surface area (Å²) in [7, 11) is 0. The summed E-state index contributed by atoms with van der Waals surface area (Å²) in [4.78, 5) is 32.5. The molecule has 1 spiro atoms. The van der Waals surface area contributed by atoms with E-state index in [1.165, 1.54) is 6.42 Å². The molecule has 1 amide bonds. The smallest absolute Gasteiger partial charge is 0.222 e. The fourth-order valence-electron chi connectivity index (χ4n) is 4.03. The third kappa shape index (κ3) is 3.30. The molecule has 130 valence electrons. The van der Waals surface area contributed by atoms with Gasteiger partial charge in [-0.2, -0.15) is 0 Å². The SMILES string of the molecule is CC(=O)c1ccc(N2CCCC3(CCC(=O)N(C(C)C)C3)C2)nc1. The van der Waals surface area contributed by atoms with Crippen molar-refractivity contribution in [2.75, 3.05) is 24.5 Å². The first-order chi connectivity index (χ1) is 11.4. The quantitative estimate of drug-likeness (QED) is 0.800. The Bertz CT molecular complexity index is 626. The van der Waals surface area contributed by atoms with Gasteiger partial charge in [0.15, 0.2) is 5.78 Å². The summed E-state index contributed by atoms with van der Waals surface area (Å²) in [5, 5.41) is 0. The number of hydrogen-bond acceptors (Lipinski definition) is 4. The molecule has 0 radical (unpaired) electrons. The number of carbonyl (C=O) groups is 2. The van der Waals surface area contributed by atoms with Crippen LogP contribution in [0.25, 0.3) is 0 Å². The molecule has 24 heavy (non-hydrogen) atoms. The van der Waals surface area contributed by atoms with Gasteiger partial charge in [-0.05, 0) is 52.2 Å². The Labute approximate surface area is 144 Å². The van der Waals surface area contributed by atoms with Crippen molar-refractivity contribution in [3.05, 3.63) is 23.9 Å². The van der Waals surface area contributed by atoms with E-state index < -0.39 is 0 Å². The number of carbonyl (C=O) groups excluding carboxylic acids is 2. The van der Waals surface area contributed by atoms with Gasteiger partial charge in [-0.1, -0.05) is 0 Å². The van der Waals surface area contributed by atoms with E-state index >= 15 is 0 Å². The molecular formula is C19H27N3O2. The first-order valence-electron chi connectivity index (χ1n) is 8.92. The molecule has 0 N–H and O–H groups in total. The maximum absolute atomic E-state index is 12.2. The minimum absolute atomic E-state index is 0.0440. The zero-order valence-electron chi connectivity index (χ0n) is 14.9. The molecule has 3 heterocycles. The van der Waals surface area contributed by atoms with Crippen LogP contribution >= 0.6 is 0 Å². The third-order valence-electron chi connectivity index (χ3n) is 5.46. The van der Waals surface area contributed by atoms with Crippen molar-refractivity contribution in [1.29, 1.82) is 0 Å². The average Bonchev–Trinajstić information content (AvgIpc) is 2.57. The summed E-state index contributed by atoms with van der Waals surface area (Å²) in [6.07, 6.45) is 5.59. The first kappa shape index (κ1) is 16.9. The van der Waals surface area contributed by atoms with Gasteiger partial charge in [-0.3, -0.25) is 9.59 Å². The summed E-state index contributed by atoms with van der Waals surface area (Å²) < 4.78 is 0. The van der Waals surface area contributed by atoms with Crippen LogP contribution in [0, 0.1) is 5.41 Å². The Morgan fingerprint density at radius 1 is 1.25 bits per heavy atom. The Morgan fingerprint density at radius 3 is 2.67 bits per heavy atom. The monoisotopic (exact) mass is 329 g/mol. The summed E-state index contributed by atoms with van der Waals surface area (Å²) in [6.45, 7) is 8.54. The second kappa shape index (κ2) is 6.54. The number of pyridine rings is 1. The van der Waals surface area contributed by atoms with E-state index in [1.807, 2.05) is 17.0 Å². The van der Waals surface area contributed by atoms with Crippen molar-refractivity contribution in [3.63, 3.8) is 0 Å². The third-order valence-corrected chi connectivity index (χ3v) is 5.46. The maximum atomic E-state index is 12.2. The number of nitrogens with zero attached hydrogens (tertiary/aromatic N) is 3. The predicted molar refractivity (Wildman–Crippen MR) is 94.2 cm³/mol. The maximum Gasteiger partial charge on any atom is 0.222 e. The van der Waals surface area contributed by atoms with Crippen molar-refractivity contribution >= 4 is 17.5 Å². The highest BCUT2D eigenvalue weighted by atomic mass is 16.2. The van der Waals surface area contributed by atoms with Gasteiger partial charge in [0, 0.05) is 49.3 Å². The van der Waals surface area contributed by atoms with Crippen LogP contribution in [0.5, 0.6) is 0 Å². The molecule has 1 aromatic rings. The van der Waals surface area contributed by atoms with Crippen LogP contribution in [0.4, 0.5) is 5.82 Å². The highest BCUT2D eigenvalue weighted by molar-refractivity contribution is 5.93. The topological polar surface area (TPSA) is 53.5 Å². The van der Waals surface area contributed by atoms with Crippen LogP contribution in [0.3, 0.4) is 0 Å². The largest absolute Gasteiger partial charge is 0.356 e. The van der Waals surface area contributed by atoms with Gasteiger partial charge in [0.1, 0.15) is 5.82 Å². The van der Waals surface area contributed by atoms with Crippen LogP contribution < -0.4 is 4.90 Å². The van der Waals surface area contributed by atoms with Gasteiger partial charge in [0.05, 0.1) is 0 Å². The van der Waals surface area contributed by atoms with E-state index in [4.69, 9.17) is 0 Å². The Morgan fingerprint density at radius 2 is 2.04 bits per heavy atom. The number of piperidine rings is 2. The van der Waals surface area contributed by atoms with Crippen molar-refractivity contribution in [2.45, 2.75) is 52.5 Å². The molecule has 1 unspecified atom stereocenters. The summed E-state index contributed by atoms with van der Waals surface area (Å²) in [5.41, 5.74) is 0.830. The van der Waals surface area contributed by atoms with E-state index in [9.17, 15) is 9.59 Å². The highest BCUT2D eigenvalue weighted by Gasteiger charge is 2.42. The van der Waals surface area contributed by atoms with Crippen LogP contribution in [-0.2, 0) is 4.79 Å². The number of rotatable bonds is 3. The standard InChI is InChI=1S/C19H27N3O2/c1-14(2)22-13-19(9-7-18(22)24)8-4-10-21(12-19)17-6-5-16(11-20-17)15(3)23/h5-6,11,14H,4,7-10,12-13H2,1-3H3. The number of Topliss-reactive ketones (excluding diaryl/α,β-unsaturated/α-hetero) is 1. The highest BCUT2D eigenvalue weighted by Crippen LogP contribution is 2.40. The van der Waals surface area contributed by atoms with Gasteiger partial charge < -0.3 is 9.80 Å². The number of amides is 1. The normalized spacial score (nSPS) is 24.8. The van der Waals surface area contributed by atoms with Crippen LogP contribution in [0.15, 0.2) is 18.3 Å². The van der Waals surface area contributed by atoms with Gasteiger partial charge in [0.25, 0.3) is 0 Å². The molecule has 2 fully saturated rings. The summed E-state index contributed by atoms with van der Waals surface area (Å²) in [6, 6.07) is 4.07. The fourth-order valence-corrected chi connectivity index (χ4v) is 4.03. The van der Waals surface area contributed by atoms with Crippen LogP contribution in [0.1, 0.15) is 56.8 Å². The minimum Gasteiger partial charge on any atom is -0.356 e. The van der Waals surface area contributed by atoms with Gasteiger partial charge in [-0.25, -0.2) is 4.98 Å². The van der Waals surface area contributed by atoms with Crippen molar-refractivity contribution in [2.24, 2.45) is 5.41 Å². The van der Waals surface area contributed by atoms with Crippen LogP contribution in [-0.4, -0.2) is 47.3 Å². The molecule has 2 aliphatic rings. The summed E-state index contributed by atoms with van der Waals surface area (Å²) >= 11 is 0. The first-order valence-corrected chi connectivity index (χ1v) is 8.92. The Kier molecular flexibility index (Phi) is 4.61. The molecule has 2 saturated heterocycles. The van der Waals surface area contributed by atoms with Crippen molar-refractivity contribution in [1.82, 2.24) is 9.88 Å². The molecule has 5 nitrogen and oxygen atoms in total. The van der Waals surface area contributed by atoms with Gasteiger partial charge in [-0.15, -0.1) is 0 Å². The Balaban J connectivity index is 1.76. The number of ketones is 1. The number of anilines is 1. The predicted octanol–water partition coefficient (Wildman–Crippen LogP) is 2.90. The molecule has 5 heteroatoms. The van der Waals surface area contributed by atoms with Gasteiger partial charge >= 0.3 is 0 Å². The van der Waals surface area contributed by atoms with Crippen molar-refractivity contribution in [3.8, 4) is 0 Å².